The summed E-state index contributed by atoms with van der Waals surface area (Å²) >= 11 is 0. The standard InChI is InChI=1S/C26H38FN5O5/c1-24(2,3)36-22(33)30-26(7-9-32(10-8-26)23(34)37-25(4,5)6)21-28-18-15-17(27)16-19(20(18)29-21)31-11-13-35-14-12-31/h15-16H,7-14H2,1-6H3,(H,28,29)(H,30,33). The normalized spacial score (nSPS) is 18.6. The molecule has 2 aliphatic rings. The number of nitrogens with one attached hydrogen (secondary N) is 2. The molecule has 2 fully saturated rings. The predicted octanol–water partition coefficient (Wildman–Crippen LogP) is 4.29. The quantitative estimate of drug-likeness (QED) is 0.623. The number of carbonyl (C=O) groups excluding carboxylic acids is 2. The summed E-state index contributed by atoms with van der Waals surface area (Å²) in [5.41, 5.74) is -0.408. The maximum Gasteiger partial charge on any atom is 0.410 e. The molecule has 1 aromatic heterocycles. The van der Waals surface area contributed by atoms with Crippen molar-refractivity contribution in [2.24, 2.45) is 0 Å². The SMILES string of the molecule is CC(C)(C)OC(=O)NC1(c2nc3c(N4CCOCC4)cc(F)cc3[nH]2)CCN(C(=O)OC(C)(C)C)CC1. The van der Waals surface area contributed by atoms with Crippen LogP contribution in [0.25, 0.3) is 11.0 Å². The van der Waals surface area contributed by atoms with Gasteiger partial charge in [-0.1, -0.05) is 0 Å². The molecule has 0 bridgehead atoms. The Bertz CT molecular complexity index is 1140. The number of aromatic nitrogens is 2. The summed E-state index contributed by atoms with van der Waals surface area (Å²) in [6.07, 6.45) is -0.237. The monoisotopic (exact) mass is 519 g/mol. The van der Waals surface area contributed by atoms with Gasteiger partial charge in [0, 0.05) is 26.2 Å². The summed E-state index contributed by atoms with van der Waals surface area (Å²) in [4.78, 5) is 37.4. The number of nitrogens with zero attached hydrogens (tertiary/aromatic N) is 3. The molecule has 37 heavy (non-hydrogen) atoms. The fourth-order valence-corrected chi connectivity index (χ4v) is 4.65. The van der Waals surface area contributed by atoms with E-state index in [4.69, 9.17) is 19.2 Å². The second-order valence-corrected chi connectivity index (χ2v) is 11.7. The van der Waals surface area contributed by atoms with Gasteiger partial charge in [0.1, 0.15) is 33.9 Å². The molecule has 4 rings (SSSR count). The van der Waals surface area contributed by atoms with Crippen molar-refractivity contribution in [3.05, 3.63) is 23.8 Å². The molecule has 10 nitrogen and oxygen atoms in total. The third kappa shape index (κ3) is 6.44. The van der Waals surface area contributed by atoms with E-state index in [0.29, 0.717) is 74.8 Å². The molecule has 0 aliphatic carbocycles. The van der Waals surface area contributed by atoms with E-state index < -0.39 is 28.9 Å². The Labute approximate surface area is 216 Å². The zero-order valence-corrected chi connectivity index (χ0v) is 22.6. The van der Waals surface area contributed by atoms with Crippen LogP contribution in [0.15, 0.2) is 12.1 Å². The molecule has 2 saturated heterocycles. The van der Waals surface area contributed by atoms with Crippen LogP contribution in [0.5, 0.6) is 0 Å². The number of halogens is 1. The first-order valence-corrected chi connectivity index (χ1v) is 12.8. The van der Waals surface area contributed by atoms with Crippen LogP contribution in [0.3, 0.4) is 0 Å². The first kappa shape index (κ1) is 27.0. The van der Waals surface area contributed by atoms with Gasteiger partial charge < -0.3 is 34.3 Å². The molecule has 1 aromatic carbocycles. The summed E-state index contributed by atoms with van der Waals surface area (Å²) in [5.74, 6) is 0.121. The van der Waals surface area contributed by atoms with E-state index in [0.717, 1.165) is 0 Å². The smallest absolute Gasteiger partial charge is 0.410 e. The number of benzene rings is 1. The summed E-state index contributed by atoms with van der Waals surface area (Å²) in [7, 11) is 0. The highest BCUT2D eigenvalue weighted by Gasteiger charge is 2.43. The van der Waals surface area contributed by atoms with Gasteiger partial charge in [0.2, 0.25) is 0 Å². The van der Waals surface area contributed by atoms with Gasteiger partial charge in [-0.15, -0.1) is 0 Å². The zero-order chi connectivity index (χ0) is 27.0. The number of piperidine rings is 1. The summed E-state index contributed by atoms with van der Waals surface area (Å²) < 4.78 is 31.2. The molecule has 0 spiro atoms. The maximum absolute atomic E-state index is 14.6. The second kappa shape index (κ2) is 10.00. The summed E-state index contributed by atoms with van der Waals surface area (Å²) in [6.45, 7) is 13.9. The van der Waals surface area contributed by atoms with Crippen molar-refractivity contribution in [2.45, 2.75) is 71.1 Å². The number of hydrogen-bond donors (Lipinski definition) is 2. The number of amides is 2. The van der Waals surface area contributed by atoms with Crippen molar-refractivity contribution in [1.29, 1.82) is 0 Å². The van der Waals surface area contributed by atoms with Gasteiger partial charge in [-0.25, -0.2) is 19.0 Å². The van der Waals surface area contributed by atoms with Crippen molar-refractivity contribution in [1.82, 2.24) is 20.2 Å². The summed E-state index contributed by atoms with van der Waals surface area (Å²) in [5, 5.41) is 3.03. The Morgan fingerprint density at radius 2 is 1.65 bits per heavy atom. The van der Waals surface area contributed by atoms with Gasteiger partial charge >= 0.3 is 12.2 Å². The Morgan fingerprint density at radius 3 is 2.24 bits per heavy atom. The highest BCUT2D eigenvalue weighted by molar-refractivity contribution is 5.89. The van der Waals surface area contributed by atoms with E-state index in [-0.39, 0.29) is 5.82 Å². The van der Waals surface area contributed by atoms with E-state index in [1.54, 1.807) is 25.7 Å². The number of H-pyrrole nitrogens is 1. The molecule has 204 valence electrons. The lowest BCUT2D eigenvalue weighted by molar-refractivity contribution is 0.0107. The molecule has 3 heterocycles. The van der Waals surface area contributed by atoms with E-state index >= 15 is 0 Å². The molecule has 0 atom stereocenters. The molecule has 2 N–H and O–H groups in total. The Kier molecular flexibility index (Phi) is 7.29. The lowest BCUT2D eigenvalue weighted by Gasteiger charge is -2.41. The molecule has 0 radical (unpaired) electrons. The first-order chi connectivity index (χ1) is 17.2. The van der Waals surface area contributed by atoms with E-state index in [2.05, 4.69) is 15.2 Å². The number of rotatable bonds is 3. The third-order valence-electron chi connectivity index (χ3n) is 6.35. The fourth-order valence-electron chi connectivity index (χ4n) is 4.65. The molecule has 2 aromatic rings. The minimum atomic E-state index is -0.946. The minimum absolute atomic E-state index is 0.340. The van der Waals surface area contributed by atoms with Gasteiger partial charge in [0.05, 0.1) is 24.4 Å². The highest BCUT2D eigenvalue weighted by Crippen LogP contribution is 2.36. The highest BCUT2D eigenvalue weighted by atomic mass is 19.1. The van der Waals surface area contributed by atoms with Crippen molar-refractivity contribution in [2.75, 3.05) is 44.3 Å². The van der Waals surface area contributed by atoms with Gasteiger partial charge in [0.15, 0.2) is 0 Å². The largest absolute Gasteiger partial charge is 0.444 e. The van der Waals surface area contributed by atoms with E-state index in [1.165, 1.54) is 12.1 Å². The molecule has 0 saturated carbocycles. The number of likely N-dealkylation sites (tertiary alicyclic amines) is 1. The number of ether oxygens (including phenoxy) is 3. The maximum atomic E-state index is 14.6. The number of fused-ring (bicyclic) bond motifs is 1. The fraction of sp³-hybridized carbons (Fsp3) is 0.654. The lowest BCUT2D eigenvalue weighted by Crippen LogP contribution is -2.55. The van der Waals surface area contributed by atoms with Crippen molar-refractivity contribution in [3.63, 3.8) is 0 Å². The number of anilines is 1. The van der Waals surface area contributed by atoms with Gasteiger partial charge in [-0.2, -0.15) is 0 Å². The molecule has 2 aliphatic heterocycles. The van der Waals surface area contributed by atoms with Crippen LogP contribution in [0, 0.1) is 5.82 Å². The lowest BCUT2D eigenvalue weighted by atomic mass is 9.86. The number of morpholine rings is 1. The average molecular weight is 520 g/mol. The van der Waals surface area contributed by atoms with E-state index in [9.17, 15) is 14.0 Å². The Balaban J connectivity index is 1.67. The number of carbonyl (C=O) groups is 2. The topological polar surface area (TPSA) is 109 Å². The van der Waals surface area contributed by atoms with Crippen LogP contribution in [-0.2, 0) is 19.7 Å². The van der Waals surface area contributed by atoms with Crippen molar-refractivity contribution in [3.8, 4) is 0 Å². The van der Waals surface area contributed by atoms with Crippen LogP contribution in [0.4, 0.5) is 19.7 Å². The molecular weight excluding hydrogens is 481 g/mol. The Morgan fingerprint density at radius 1 is 1.03 bits per heavy atom. The number of imidazole rings is 1. The number of alkyl carbamates (subject to hydrolysis) is 1. The minimum Gasteiger partial charge on any atom is -0.444 e. The molecule has 11 heteroatoms. The van der Waals surface area contributed by atoms with Crippen LogP contribution < -0.4 is 10.2 Å². The van der Waals surface area contributed by atoms with Gasteiger partial charge in [0.25, 0.3) is 0 Å². The third-order valence-corrected chi connectivity index (χ3v) is 6.35. The van der Waals surface area contributed by atoms with Crippen molar-refractivity contribution < 1.29 is 28.2 Å². The second-order valence-electron chi connectivity index (χ2n) is 11.7. The number of aromatic amines is 1. The molecular formula is C26H38FN5O5. The average Bonchev–Trinajstić information content (AvgIpc) is 3.22. The summed E-state index contributed by atoms with van der Waals surface area (Å²) in [6, 6.07) is 2.89. The van der Waals surface area contributed by atoms with Gasteiger partial charge in [-0.05, 0) is 66.5 Å². The van der Waals surface area contributed by atoms with E-state index in [1.807, 2.05) is 20.8 Å². The van der Waals surface area contributed by atoms with Gasteiger partial charge in [-0.3, -0.25) is 0 Å². The zero-order valence-electron chi connectivity index (χ0n) is 22.6. The first-order valence-electron chi connectivity index (χ1n) is 12.8. The van der Waals surface area contributed by atoms with Crippen LogP contribution in [0.1, 0.15) is 60.2 Å². The predicted molar refractivity (Wildman–Crippen MR) is 137 cm³/mol. The van der Waals surface area contributed by atoms with Crippen LogP contribution in [-0.4, -0.2) is 77.6 Å². The Hall–Kier alpha value is -3.08. The molecule has 0 unspecified atom stereocenters. The van der Waals surface area contributed by atoms with Crippen LogP contribution >= 0.6 is 0 Å². The molecule has 2 amide bonds. The number of hydrogen-bond acceptors (Lipinski definition) is 7. The van der Waals surface area contributed by atoms with Crippen molar-refractivity contribution >= 4 is 28.9 Å². The van der Waals surface area contributed by atoms with Crippen LogP contribution in [0.2, 0.25) is 0 Å².